The van der Waals surface area contributed by atoms with E-state index in [1.54, 1.807) is 0 Å². The Labute approximate surface area is 114 Å². The number of quaternary nitrogens is 1. The molecule has 3 rings (SSSR count). The summed E-state index contributed by atoms with van der Waals surface area (Å²) < 4.78 is 1.35. The van der Waals surface area contributed by atoms with Gasteiger partial charge in [-0.15, -0.1) is 0 Å². The molecule has 18 heavy (non-hydrogen) atoms. The first-order chi connectivity index (χ1) is 7.88. The molecule has 102 valence electrons. The maximum atomic E-state index is 4.33. The molecular weight excluding hydrogens is 252 g/mol. The third-order valence-corrected chi connectivity index (χ3v) is 4.04. The van der Waals surface area contributed by atoms with Crippen LogP contribution in [0.2, 0.25) is 0 Å². The molecular formula is C12H21ClN4O. The lowest BCUT2D eigenvalue weighted by atomic mass is 10.2. The van der Waals surface area contributed by atoms with Gasteiger partial charge in [0.2, 0.25) is 5.95 Å². The molecule has 5 nitrogen and oxygen atoms in total. The van der Waals surface area contributed by atoms with Crippen molar-refractivity contribution in [2.75, 3.05) is 44.2 Å². The molecule has 0 radical (unpaired) electrons. The van der Waals surface area contributed by atoms with E-state index < -0.39 is 0 Å². The molecule has 0 saturated carbocycles. The molecule has 0 aliphatic carbocycles. The molecule has 2 N–H and O–H groups in total. The van der Waals surface area contributed by atoms with E-state index in [2.05, 4.69) is 14.9 Å². The molecule has 3 heterocycles. The number of piperazine rings is 1. The summed E-state index contributed by atoms with van der Waals surface area (Å²) in [4.78, 5) is 11.0. The fraction of sp³-hybridized carbons (Fsp3) is 0.667. The predicted molar refractivity (Wildman–Crippen MR) is 66.8 cm³/mol. The quantitative estimate of drug-likeness (QED) is 0.515. The summed E-state index contributed by atoms with van der Waals surface area (Å²) in [6.07, 6.45) is 6.50. The second kappa shape index (κ2) is 6.31. The first-order valence-corrected chi connectivity index (χ1v) is 6.25. The summed E-state index contributed by atoms with van der Waals surface area (Å²) in [5, 5.41) is 0. The molecule has 1 spiro atoms. The second-order valence-electron chi connectivity index (χ2n) is 4.98. The van der Waals surface area contributed by atoms with Crippen LogP contribution >= 0.6 is 0 Å². The van der Waals surface area contributed by atoms with Crippen molar-refractivity contribution in [3.63, 3.8) is 0 Å². The standard InChI is InChI=1S/C12H19N4.ClH.H2O/c1-2-9-16(8-1)10-6-15(7-11-16)12-13-4-3-5-14-12;;/h3-5H,1-2,6-11H2;1H;1H2/q+1;;/p-1. The van der Waals surface area contributed by atoms with Crippen LogP contribution in [0.5, 0.6) is 0 Å². The van der Waals surface area contributed by atoms with E-state index >= 15 is 0 Å². The zero-order chi connectivity index (χ0) is 10.8. The van der Waals surface area contributed by atoms with Gasteiger partial charge in [-0.1, -0.05) is 0 Å². The van der Waals surface area contributed by atoms with Gasteiger partial charge in [0.25, 0.3) is 0 Å². The summed E-state index contributed by atoms with van der Waals surface area (Å²) in [5.41, 5.74) is 0. The van der Waals surface area contributed by atoms with Crippen molar-refractivity contribution >= 4 is 5.95 Å². The molecule has 0 aromatic carbocycles. The summed E-state index contributed by atoms with van der Waals surface area (Å²) in [7, 11) is 0. The number of hydrogen-bond acceptors (Lipinski definition) is 3. The van der Waals surface area contributed by atoms with E-state index in [0.29, 0.717) is 0 Å². The van der Waals surface area contributed by atoms with E-state index in [1.807, 2.05) is 18.5 Å². The van der Waals surface area contributed by atoms with Crippen molar-refractivity contribution in [1.29, 1.82) is 0 Å². The minimum atomic E-state index is 0. The van der Waals surface area contributed by atoms with E-state index in [0.717, 1.165) is 19.0 Å². The molecule has 2 fully saturated rings. The average molecular weight is 273 g/mol. The van der Waals surface area contributed by atoms with Gasteiger partial charge in [0, 0.05) is 25.2 Å². The predicted octanol–water partition coefficient (Wildman–Crippen LogP) is -2.91. The van der Waals surface area contributed by atoms with E-state index in [-0.39, 0.29) is 17.9 Å². The Bertz CT molecular complexity index is 346. The fourth-order valence-corrected chi connectivity index (χ4v) is 3.00. The number of anilines is 1. The normalized spacial score (nSPS) is 21.2. The van der Waals surface area contributed by atoms with Crippen LogP contribution in [0, 0.1) is 0 Å². The van der Waals surface area contributed by atoms with Crippen molar-refractivity contribution in [1.82, 2.24) is 9.97 Å². The van der Waals surface area contributed by atoms with Gasteiger partial charge >= 0.3 is 0 Å². The van der Waals surface area contributed by atoms with Gasteiger partial charge in [-0.2, -0.15) is 0 Å². The van der Waals surface area contributed by atoms with Crippen molar-refractivity contribution < 1.29 is 22.4 Å². The fourth-order valence-electron chi connectivity index (χ4n) is 3.00. The molecule has 0 bridgehead atoms. The molecule has 2 saturated heterocycles. The Kier molecular flexibility index (Phi) is 5.31. The van der Waals surface area contributed by atoms with Gasteiger partial charge in [0.05, 0.1) is 39.3 Å². The Hall–Kier alpha value is -0.910. The monoisotopic (exact) mass is 272 g/mol. The van der Waals surface area contributed by atoms with Gasteiger partial charge in [-0.05, 0) is 6.07 Å². The highest BCUT2D eigenvalue weighted by atomic mass is 35.5. The molecule has 0 unspecified atom stereocenters. The van der Waals surface area contributed by atoms with Gasteiger partial charge in [0.1, 0.15) is 0 Å². The third kappa shape index (κ3) is 2.91. The first kappa shape index (κ1) is 15.1. The van der Waals surface area contributed by atoms with E-state index in [1.165, 1.54) is 43.5 Å². The number of rotatable bonds is 1. The van der Waals surface area contributed by atoms with Gasteiger partial charge in [0.15, 0.2) is 0 Å². The minimum absolute atomic E-state index is 0. The maximum Gasteiger partial charge on any atom is 0.225 e. The number of nitrogens with zero attached hydrogens (tertiary/aromatic N) is 4. The van der Waals surface area contributed by atoms with Crippen LogP contribution in [0.25, 0.3) is 0 Å². The lowest BCUT2D eigenvalue weighted by Gasteiger charge is -2.41. The number of hydrogen-bond donors (Lipinski definition) is 0. The first-order valence-electron chi connectivity index (χ1n) is 6.25. The highest BCUT2D eigenvalue weighted by Gasteiger charge is 2.36. The number of halogens is 1. The van der Waals surface area contributed by atoms with Crippen LogP contribution in [0.3, 0.4) is 0 Å². The summed E-state index contributed by atoms with van der Waals surface area (Å²) in [6.45, 7) is 7.57. The highest BCUT2D eigenvalue weighted by molar-refractivity contribution is 5.28. The van der Waals surface area contributed by atoms with Gasteiger partial charge in [-0.25, -0.2) is 9.97 Å². The number of aromatic nitrogens is 2. The Morgan fingerprint density at radius 3 is 2.06 bits per heavy atom. The molecule has 2 aliphatic heterocycles. The smallest absolute Gasteiger partial charge is 0.225 e. The van der Waals surface area contributed by atoms with Crippen LogP contribution in [0.4, 0.5) is 5.95 Å². The van der Waals surface area contributed by atoms with Crippen LogP contribution in [0.15, 0.2) is 18.5 Å². The zero-order valence-corrected chi connectivity index (χ0v) is 11.3. The summed E-state index contributed by atoms with van der Waals surface area (Å²) >= 11 is 0. The van der Waals surface area contributed by atoms with Crippen molar-refractivity contribution in [3.8, 4) is 0 Å². The molecule has 6 heteroatoms. The molecule has 1 aromatic rings. The lowest BCUT2D eigenvalue weighted by molar-refractivity contribution is -0.917. The van der Waals surface area contributed by atoms with Gasteiger partial charge < -0.3 is 27.3 Å². The largest absolute Gasteiger partial charge is 1.00 e. The summed E-state index contributed by atoms with van der Waals surface area (Å²) in [6, 6.07) is 1.88. The lowest BCUT2D eigenvalue weighted by Crippen LogP contribution is -3.00. The second-order valence-corrected chi connectivity index (χ2v) is 4.98. The van der Waals surface area contributed by atoms with Crippen molar-refractivity contribution in [2.24, 2.45) is 0 Å². The van der Waals surface area contributed by atoms with Crippen LogP contribution < -0.4 is 17.3 Å². The topological polar surface area (TPSA) is 60.5 Å². The molecule has 2 aliphatic rings. The molecule has 0 atom stereocenters. The Morgan fingerprint density at radius 2 is 1.50 bits per heavy atom. The van der Waals surface area contributed by atoms with Crippen molar-refractivity contribution in [2.45, 2.75) is 12.8 Å². The van der Waals surface area contributed by atoms with Gasteiger partial charge in [-0.3, -0.25) is 0 Å². The highest BCUT2D eigenvalue weighted by Crippen LogP contribution is 2.23. The summed E-state index contributed by atoms with van der Waals surface area (Å²) in [5.74, 6) is 0.902. The van der Waals surface area contributed by atoms with E-state index in [9.17, 15) is 0 Å². The SMILES string of the molecule is O.[Cl-].c1cnc(N2CC[N+]3(CCCC3)CC2)nc1. The Balaban J connectivity index is 0.000000810. The van der Waals surface area contributed by atoms with Crippen LogP contribution in [-0.4, -0.2) is 59.2 Å². The van der Waals surface area contributed by atoms with Crippen molar-refractivity contribution in [3.05, 3.63) is 18.5 Å². The van der Waals surface area contributed by atoms with Crippen LogP contribution in [-0.2, 0) is 0 Å². The average Bonchev–Trinajstić information content (AvgIpc) is 2.80. The van der Waals surface area contributed by atoms with Crippen LogP contribution in [0.1, 0.15) is 12.8 Å². The minimum Gasteiger partial charge on any atom is -1.00 e. The van der Waals surface area contributed by atoms with E-state index in [4.69, 9.17) is 0 Å². The zero-order valence-electron chi connectivity index (χ0n) is 10.6. The maximum absolute atomic E-state index is 4.33. The third-order valence-electron chi connectivity index (χ3n) is 4.04. The molecule has 1 aromatic heterocycles. The Morgan fingerprint density at radius 1 is 0.944 bits per heavy atom. The molecule has 0 amide bonds.